The number of fused-ring (bicyclic) bond motifs is 6. The van der Waals surface area contributed by atoms with Crippen molar-refractivity contribution in [1.82, 2.24) is 19.9 Å². The second-order valence-electron chi connectivity index (χ2n) is 8.46. The molecule has 6 aromatic rings. The lowest BCUT2D eigenvalue weighted by atomic mass is 10.1. The fourth-order valence-electron chi connectivity index (χ4n) is 4.89. The number of piperidine rings is 1. The molecule has 0 radical (unpaired) electrons. The number of aromatic nitrogens is 4. The Morgan fingerprint density at radius 1 is 0.818 bits per heavy atom. The first kappa shape index (κ1) is 19.2. The summed E-state index contributed by atoms with van der Waals surface area (Å²) in [5, 5.41) is 5.57. The Balaban J connectivity index is 1.50. The summed E-state index contributed by atoms with van der Waals surface area (Å²) in [6.07, 6.45) is 7.48. The smallest absolute Gasteiger partial charge is 0.141 e. The number of H-pyrrole nitrogens is 1. The highest BCUT2D eigenvalue weighted by molar-refractivity contribution is 7.24. The van der Waals surface area contributed by atoms with Gasteiger partial charge in [0.15, 0.2) is 0 Å². The lowest BCUT2D eigenvalue weighted by Gasteiger charge is -2.28. The molecular weight excluding hydrogens is 446 g/mol. The summed E-state index contributed by atoms with van der Waals surface area (Å²) in [5.74, 6) is 0.922. The summed E-state index contributed by atoms with van der Waals surface area (Å²) in [7, 11) is 0. The normalized spacial score (nSPS) is 14.6. The molecule has 1 aromatic carbocycles. The molecule has 0 amide bonds. The van der Waals surface area contributed by atoms with Gasteiger partial charge in [-0.1, -0.05) is 6.07 Å². The van der Waals surface area contributed by atoms with E-state index in [0.717, 1.165) is 51.8 Å². The van der Waals surface area contributed by atoms with Crippen LogP contribution in [0.15, 0.2) is 60.2 Å². The summed E-state index contributed by atoms with van der Waals surface area (Å²) in [6, 6.07) is 14.8. The molecule has 5 nitrogen and oxygen atoms in total. The average Bonchev–Trinajstić information content (AvgIpc) is 3.64. The van der Waals surface area contributed by atoms with E-state index in [1.807, 2.05) is 35.9 Å². The van der Waals surface area contributed by atoms with Gasteiger partial charge in [-0.3, -0.25) is 9.97 Å². The van der Waals surface area contributed by atoms with E-state index in [9.17, 15) is 0 Å². The van der Waals surface area contributed by atoms with Crippen molar-refractivity contribution in [3.05, 3.63) is 60.2 Å². The molecule has 7 rings (SSSR count). The minimum Gasteiger partial charge on any atom is -0.363 e. The molecule has 1 aliphatic rings. The van der Waals surface area contributed by atoms with Gasteiger partial charge in [0.05, 0.1) is 27.6 Å². The van der Waals surface area contributed by atoms with Crippen LogP contribution >= 0.6 is 22.7 Å². The molecule has 1 fully saturated rings. The van der Waals surface area contributed by atoms with Crippen molar-refractivity contribution in [1.29, 1.82) is 0 Å². The van der Waals surface area contributed by atoms with E-state index in [1.54, 1.807) is 11.3 Å². The van der Waals surface area contributed by atoms with Gasteiger partial charge in [-0.15, -0.1) is 22.7 Å². The fourth-order valence-corrected chi connectivity index (χ4v) is 6.93. The SMILES string of the molecule is c1csc(-c2cc(-c3nc4c5cccnc5c5ncccc5c4[nH]3)c(N3CCCCC3)s2)c1. The second kappa shape index (κ2) is 7.64. The second-order valence-corrected chi connectivity index (χ2v) is 10.4. The van der Waals surface area contributed by atoms with Crippen molar-refractivity contribution in [2.75, 3.05) is 18.0 Å². The lowest BCUT2D eigenvalue weighted by molar-refractivity contribution is 0.581. The summed E-state index contributed by atoms with van der Waals surface area (Å²) < 4.78 is 0. The van der Waals surface area contributed by atoms with Crippen LogP contribution in [-0.2, 0) is 0 Å². The first-order valence-corrected chi connectivity index (χ1v) is 13.0. The third kappa shape index (κ3) is 3.07. The molecule has 5 aromatic heterocycles. The molecule has 6 heterocycles. The van der Waals surface area contributed by atoms with Gasteiger partial charge in [0.1, 0.15) is 10.8 Å². The minimum atomic E-state index is 0.902. The molecular formula is C26H21N5S2. The average molecular weight is 468 g/mol. The Kier molecular flexibility index (Phi) is 4.45. The van der Waals surface area contributed by atoms with Gasteiger partial charge in [0.25, 0.3) is 0 Å². The van der Waals surface area contributed by atoms with Gasteiger partial charge in [0.2, 0.25) is 0 Å². The monoisotopic (exact) mass is 467 g/mol. The van der Waals surface area contributed by atoms with E-state index in [0.29, 0.717) is 0 Å². The van der Waals surface area contributed by atoms with Gasteiger partial charge >= 0.3 is 0 Å². The number of nitrogens with zero attached hydrogens (tertiary/aromatic N) is 4. The molecule has 1 aliphatic heterocycles. The van der Waals surface area contributed by atoms with Crippen molar-refractivity contribution < 1.29 is 0 Å². The molecule has 7 heteroatoms. The topological polar surface area (TPSA) is 57.7 Å². The Labute approximate surface area is 198 Å². The quantitative estimate of drug-likeness (QED) is 0.282. The van der Waals surface area contributed by atoms with E-state index in [2.05, 4.69) is 55.6 Å². The molecule has 1 N–H and O–H groups in total. The Bertz CT molecular complexity index is 1530. The van der Waals surface area contributed by atoms with E-state index in [1.165, 1.54) is 39.6 Å². The van der Waals surface area contributed by atoms with Crippen LogP contribution in [0.3, 0.4) is 0 Å². The van der Waals surface area contributed by atoms with E-state index < -0.39 is 0 Å². The largest absolute Gasteiger partial charge is 0.363 e. The number of hydrogen-bond acceptors (Lipinski definition) is 6. The number of nitrogens with one attached hydrogen (secondary N) is 1. The van der Waals surface area contributed by atoms with Crippen molar-refractivity contribution in [2.24, 2.45) is 0 Å². The zero-order valence-corrected chi connectivity index (χ0v) is 19.5. The lowest BCUT2D eigenvalue weighted by Crippen LogP contribution is -2.28. The highest BCUT2D eigenvalue weighted by Crippen LogP contribution is 2.45. The van der Waals surface area contributed by atoms with Crippen LogP contribution in [0.2, 0.25) is 0 Å². The molecule has 0 aliphatic carbocycles. The summed E-state index contributed by atoms with van der Waals surface area (Å²) in [6.45, 7) is 2.22. The van der Waals surface area contributed by atoms with Crippen LogP contribution in [0, 0.1) is 0 Å². The Morgan fingerprint density at radius 2 is 1.61 bits per heavy atom. The maximum atomic E-state index is 5.17. The third-order valence-corrected chi connectivity index (χ3v) is 8.70. The van der Waals surface area contributed by atoms with Gasteiger partial charge in [-0.2, -0.15) is 0 Å². The van der Waals surface area contributed by atoms with E-state index >= 15 is 0 Å². The van der Waals surface area contributed by atoms with Crippen molar-refractivity contribution in [3.8, 4) is 21.1 Å². The summed E-state index contributed by atoms with van der Waals surface area (Å²) in [4.78, 5) is 23.3. The maximum Gasteiger partial charge on any atom is 0.141 e. The maximum absolute atomic E-state index is 5.17. The molecule has 33 heavy (non-hydrogen) atoms. The first-order chi connectivity index (χ1) is 16.4. The fraction of sp³-hybridized carbons (Fsp3) is 0.192. The zero-order chi connectivity index (χ0) is 21.8. The molecule has 1 saturated heterocycles. The standard InChI is InChI=1S/C26H21N5S2/c1-2-12-31(13-3-1)26-18(15-20(33-26)19-9-6-14-32-19)25-29-23-16-7-4-10-27-21(16)22-17(24(23)30-25)8-5-11-28-22/h4-11,14-15H,1-3,12-13H2,(H,29,30). The van der Waals surface area contributed by atoms with Crippen LogP contribution < -0.4 is 4.90 Å². The van der Waals surface area contributed by atoms with Crippen molar-refractivity contribution in [2.45, 2.75) is 19.3 Å². The number of hydrogen-bond donors (Lipinski definition) is 1. The van der Waals surface area contributed by atoms with E-state index in [-0.39, 0.29) is 0 Å². The van der Waals surface area contributed by atoms with Crippen LogP contribution in [0.5, 0.6) is 0 Å². The van der Waals surface area contributed by atoms with Gasteiger partial charge in [-0.05, 0) is 61.0 Å². The zero-order valence-electron chi connectivity index (χ0n) is 17.9. The number of aromatic amines is 1. The van der Waals surface area contributed by atoms with Gasteiger partial charge in [-0.25, -0.2) is 4.98 Å². The number of anilines is 1. The predicted octanol–water partition coefficient (Wildman–Crippen LogP) is 7.11. The number of thiophene rings is 2. The predicted molar refractivity (Wildman–Crippen MR) is 139 cm³/mol. The van der Waals surface area contributed by atoms with Crippen LogP contribution in [0.4, 0.5) is 5.00 Å². The molecule has 0 unspecified atom stereocenters. The Morgan fingerprint density at radius 3 is 2.39 bits per heavy atom. The number of rotatable bonds is 3. The van der Waals surface area contributed by atoms with Gasteiger partial charge in [0, 0.05) is 46.0 Å². The van der Waals surface area contributed by atoms with Crippen molar-refractivity contribution in [3.63, 3.8) is 0 Å². The first-order valence-electron chi connectivity index (χ1n) is 11.3. The molecule has 0 atom stereocenters. The van der Waals surface area contributed by atoms with E-state index in [4.69, 9.17) is 4.98 Å². The highest BCUT2D eigenvalue weighted by Gasteiger charge is 2.23. The van der Waals surface area contributed by atoms with Crippen LogP contribution in [-0.4, -0.2) is 33.0 Å². The molecule has 0 bridgehead atoms. The van der Waals surface area contributed by atoms with Crippen molar-refractivity contribution >= 4 is 60.5 Å². The molecule has 0 spiro atoms. The summed E-state index contributed by atoms with van der Waals surface area (Å²) >= 11 is 3.68. The highest BCUT2D eigenvalue weighted by atomic mass is 32.1. The Hall–Kier alpha value is -3.29. The number of benzene rings is 1. The summed E-state index contributed by atoms with van der Waals surface area (Å²) in [5.41, 5.74) is 5.00. The molecule has 0 saturated carbocycles. The third-order valence-electron chi connectivity index (χ3n) is 6.44. The number of imidazole rings is 1. The van der Waals surface area contributed by atoms with Gasteiger partial charge < -0.3 is 9.88 Å². The molecule has 162 valence electrons. The van der Waals surface area contributed by atoms with Crippen LogP contribution in [0.1, 0.15) is 19.3 Å². The number of pyridine rings is 2. The minimum absolute atomic E-state index is 0.902. The van der Waals surface area contributed by atoms with Crippen LogP contribution in [0.25, 0.3) is 54.0 Å².